The van der Waals surface area contributed by atoms with Crippen molar-refractivity contribution in [3.8, 4) is 0 Å². The molecular formula is C13H28N2. The highest BCUT2D eigenvalue weighted by molar-refractivity contribution is 4.92. The van der Waals surface area contributed by atoms with Crippen LogP contribution in [0.15, 0.2) is 0 Å². The molecule has 0 aromatic carbocycles. The van der Waals surface area contributed by atoms with E-state index in [0.29, 0.717) is 11.5 Å². The molecule has 0 aromatic rings. The van der Waals surface area contributed by atoms with E-state index in [1.165, 1.54) is 44.9 Å². The Morgan fingerprint density at radius 3 is 2.07 bits per heavy atom. The Labute approximate surface area is 95.0 Å². The summed E-state index contributed by atoms with van der Waals surface area (Å²) < 4.78 is 0. The first-order valence-electron chi connectivity index (χ1n) is 6.64. The first-order valence-corrected chi connectivity index (χ1v) is 6.64. The summed E-state index contributed by atoms with van der Waals surface area (Å²) in [6, 6.07) is 0.507. The van der Waals surface area contributed by atoms with Crippen LogP contribution >= 0.6 is 0 Å². The van der Waals surface area contributed by atoms with Gasteiger partial charge < -0.3 is 0 Å². The Kier molecular flexibility index (Phi) is 5.07. The second kappa shape index (κ2) is 5.86. The molecule has 1 atom stereocenters. The molecule has 1 rings (SSSR count). The number of nitrogens with one attached hydrogen (secondary N) is 1. The Bertz CT molecular complexity index is 169. The van der Waals surface area contributed by atoms with Crippen LogP contribution in [0.3, 0.4) is 0 Å². The zero-order valence-corrected chi connectivity index (χ0v) is 10.7. The highest BCUT2D eigenvalue weighted by Crippen LogP contribution is 2.42. The minimum Gasteiger partial charge on any atom is -0.271 e. The fourth-order valence-corrected chi connectivity index (χ4v) is 3.34. The lowest BCUT2D eigenvalue weighted by Gasteiger charge is -2.44. The van der Waals surface area contributed by atoms with E-state index in [4.69, 9.17) is 5.84 Å². The van der Waals surface area contributed by atoms with Gasteiger partial charge in [0.25, 0.3) is 0 Å². The molecule has 2 nitrogen and oxygen atoms in total. The van der Waals surface area contributed by atoms with Gasteiger partial charge in [-0.25, -0.2) is 0 Å². The van der Waals surface area contributed by atoms with Crippen LogP contribution in [0.2, 0.25) is 0 Å². The molecule has 0 saturated heterocycles. The molecule has 0 aromatic heterocycles. The van der Waals surface area contributed by atoms with Gasteiger partial charge in [0.1, 0.15) is 0 Å². The summed E-state index contributed by atoms with van der Waals surface area (Å²) >= 11 is 0. The van der Waals surface area contributed by atoms with Crippen molar-refractivity contribution >= 4 is 0 Å². The lowest BCUT2D eigenvalue weighted by Crippen LogP contribution is -2.52. The molecule has 90 valence electrons. The second-order valence-electron chi connectivity index (χ2n) is 5.44. The molecule has 1 saturated carbocycles. The van der Waals surface area contributed by atoms with E-state index in [-0.39, 0.29) is 0 Å². The summed E-state index contributed by atoms with van der Waals surface area (Å²) in [5.74, 6) is 6.53. The second-order valence-corrected chi connectivity index (χ2v) is 5.44. The van der Waals surface area contributed by atoms with Gasteiger partial charge in [0.2, 0.25) is 0 Å². The Balaban J connectivity index is 2.69. The van der Waals surface area contributed by atoms with Gasteiger partial charge in [-0.2, -0.15) is 0 Å². The maximum Gasteiger partial charge on any atom is 0.0292 e. The summed E-state index contributed by atoms with van der Waals surface area (Å²) in [5.41, 5.74) is 3.55. The molecule has 0 radical (unpaired) electrons. The molecule has 0 amide bonds. The van der Waals surface area contributed by atoms with Gasteiger partial charge >= 0.3 is 0 Å². The lowest BCUT2D eigenvalue weighted by molar-refractivity contribution is 0.0983. The average Bonchev–Trinajstić information content (AvgIpc) is 2.26. The largest absolute Gasteiger partial charge is 0.271 e. The smallest absolute Gasteiger partial charge is 0.0292 e. The van der Waals surface area contributed by atoms with Crippen LogP contribution in [0.5, 0.6) is 0 Å². The first-order chi connectivity index (χ1) is 7.18. The highest BCUT2D eigenvalue weighted by Gasteiger charge is 2.37. The normalized spacial score (nSPS) is 23.0. The molecular weight excluding hydrogens is 184 g/mol. The molecule has 1 fully saturated rings. The number of hydrogen-bond donors (Lipinski definition) is 2. The molecule has 1 unspecified atom stereocenters. The maximum atomic E-state index is 5.79. The quantitative estimate of drug-likeness (QED) is 0.542. The molecule has 2 heteroatoms. The van der Waals surface area contributed by atoms with Crippen LogP contribution in [-0.2, 0) is 0 Å². The predicted octanol–water partition coefficient (Wildman–Crippen LogP) is 3.22. The summed E-state index contributed by atoms with van der Waals surface area (Å²) in [6.45, 7) is 6.99. The van der Waals surface area contributed by atoms with Crippen molar-refractivity contribution in [2.24, 2.45) is 17.2 Å². The molecule has 0 spiro atoms. The number of hydrogen-bond acceptors (Lipinski definition) is 2. The molecule has 1 aliphatic rings. The summed E-state index contributed by atoms with van der Waals surface area (Å²) in [7, 11) is 0. The highest BCUT2D eigenvalue weighted by atomic mass is 15.2. The minimum atomic E-state index is 0.434. The van der Waals surface area contributed by atoms with Crippen LogP contribution < -0.4 is 11.3 Å². The number of hydrazine groups is 1. The lowest BCUT2D eigenvalue weighted by atomic mass is 9.66. The molecule has 0 bridgehead atoms. The van der Waals surface area contributed by atoms with E-state index in [0.717, 1.165) is 5.92 Å². The van der Waals surface area contributed by atoms with Crippen LogP contribution in [0.4, 0.5) is 0 Å². The van der Waals surface area contributed by atoms with E-state index in [1.807, 2.05) is 0 Å². The number of nitrogens with two attached hydrogens (primary N) is 1. The van der Waals surface area contributed by atoms with Gasteiger partial charge in [-0.05, 0) is 24.2 Å². The fourth-order valence-electron chi connectivity index (χ4n) is 3.34. The fraction of sp³-hybridized carbons (Fsp3) is 1.00. The van der Waals surface area contributed by atoms with Crippen molar-refractivity contribution in [3.05, 3.63) is 0 Å². The third-order valence-corrected chi connectivity index (χ3v) is 4.45. The van der Waals surface area contributed by atoms with Crippen molar-refractivity contribution < 1.29 is 0 Å². The van der Waals surface area contributed by atoms with Gasteiger partial charge in [-0.1, -0.05) is 52.9 Å². The van der Waals surface area contributed by atoms with Crippen LogP contribution in [0.25, 0.3) is 0 Å². The third kappa shape index (κ3) is 2.94. The zero-order chi connectivity index (χ0) is 11.3. The van der Waals surface area contributed by atoms with Gasteiger partial charge in [-0.3, -0.25) is 11.3 Å². The molecule has 15 heavy (non-hydrogen) atoms. The summed E-state index contributed by atoms with van der Waals surface area (Å²) in [4.78, 5) is 0. The van der Waals surface area contributed by atoms with E-state index >= 15 is 0 Å². The topological polar surface area (TPSA) is 38.0 Å². The van der Waals surface area contributed by atoms with Gasteiger partial charge in [0.05, 0.1) is 0 Å². The predicted molar refractivity (Wildman–Crippen MR) is 66.4 cm³/mol. The van der Waals surface area contributed by atoms with Crippen molar-refractivity contribution in [2.75, 3.05) is 0 Å². The Hall–Kier alpha value is -0.0800. The van der Waals surface area contributed by atoms with Crippen molar-refractivity contribution in [2.45, 2.75) is 71.8 Å². The summed E-state index contributed by atoms with van der Waals surface area (Å²) in [5, 5.41) is 0. The van der Waals surface area contributed by atoms with Gasteiger partial charge in [0, 0.05) is 6.04 Å². The van der Waals surface area contributed by atoms with E-state index in [1.54, 1.807) is 0 Å². The van der Waals surface area contributed by atoms with Crippen LogP contribution in [0, 0.1) is 11.3 Å². The zero-order valence-electron chi connectivity index (χ0n) is 10.7. The standard InChI is InChI=1S/C13H28N2/c1-4-11(5-2)12(15-14)13(3)9-7-6-8-10-13/h11-12,15H,4-10,14H2,1-3H3. The molecule has 0 heterocycles. The van der Waals surface area contributed by atoms with E-state index < -0.39 is 0 Å². The first kappa shape index (κ1) is 13.0. The van der Waals surface area contributed by atoms with Crippen molar-refractivity contribution in [1.29, 1.82) is 0 Å². The Morgan fingerprint density at radius 2 is 1.67 bits per heavy atom. The minimum absolute atomic E-state index is 0.434. The third-order valence-electron chi connectivity index (χ3n) is 4.45. The van der Waals surface area contributed by atoms with Crippen LogP contribution in [-0.4, -0.2) is 6.04 Å². The summed E-state index contributed by atoms with van der Waals surface area (Å²) in [6.07, 6.45) is 9.35. The molecule has 1 aliphatic carbocycles. The van der Waals surface area contributed by atoms with Gasteiger partial charge in [-0.15, -0.1) is 0 Å². The van der Waals surface area contributed by atoms with Gasteiger partial charge in [0.15, 0.2) is 0 Å². The molecule has 0 aliphatic heterocycles. The SMILES string of the molecule is CCC(CC)C(NN)C1(C)CCCCC1. The molecule has 3 N–H and O–H groups in total. The maximum absolute atomic E-state index is 5.79. The monoisotopic (exact) mass is 212 g/mol. The van der Waals surface area contributed by atoms with Crippen molar-refractivity contribution in [1.82, 2.24) is 5.43 Å². The van der Waals surface area contributed by atoms with Crippen LogP contribution in [0.1, 0.15) is 65.7 Å². The average molecular weight is 212 g/mol. The van der Waals surface area contributed by atoms with E-state index in [2.05, 4.69) is 26.2 Å². The number of rotatable bonds is 5. The van der Waals surface area contributed by atoms with E-state index in [9.17, 15) is 0 Å². The van der Waals surface area contributed by atoms with Crippen molar-refractivity contribution in [3.63, 3.8) is 0 Å². The Morgan fingerprint density at radius 1 is 1.13 bits per heavy atom.